The number of nitrogens with one attached hydrogen (secondary N) is 2. The number of carbonyl (C=O) groups is 1. The number of benzene rings is 1. The third-order valence-electron chi connectivity index (χ3n) is 6.84. The van der Waals surface area contributed by atoms with E-state index in [0.717, 1.165) is 31.0 Å². The molecule has 0 saturated carbocycles. The van der Waals surface area contributed by atoms with Crippen molar-refractivity contribution < 1.29 is 18.0 Å². The maximum atomic E-state index is 13.7. The fraction of sp³-hybridized carbons (Fsp3) is 0.276. The smallest absolute Gasteiger partial charge is 0.323 e. The van der Waals surface area contributed by atoms with Gasteiger partial charge in [0.2, 0.25) is 5.95 Å². The van der Waals surface area contributed by atoms with Crippen LogP contribution in [0.5, 0.6) is 0 Å². The van der Waals surface area contributed by atoms with Gasteiger partial charge >= 0.3 is 6.18 Å². The molecule has 5 rings (SSSR count). The number of likely N-dealkylation sites (N-methyl/N-ethyl adjacent to an activating group) is 1. The van der Waals surface area contributed by atoms with Crippen molar-refractivity contribution in [2.75, 3.05) is 30.8 Å². The van der Waals surface area contributed by atoms with Crippen LogP contribution in [-0.4, -0.2) is 50.9 Å². The van der Waals surface area contributed by atoms with Crippen LogP contribution in [0.25, 0.3) is 11.3 Å². The maximum absolute atomic E-state index is 13.7. The first-order valence-electron chi connectivity index (χ1n) is 12.8. The zero-order valence-electron chi connectivity index (χ0n) is 22.0. The Labute approximate surface area is 229 Å². The molecule has 206 valence electrons. The van der Waals surface area contributed by atoms with E-state index in [1.807, 2.05) is 19.2 Å². The molecule has 0 aliphatic carbocycles. The standard InChI is InChI=1S/C29H28F3N7O/c1-18-26(38-28-34-9-7-25(37-28)19-5-3-8-33-15-19)13-22(16-35-18)27(40)36-24-12-21(11-23(14-24)29(30,31)32)20-6-4-10-39(2)17-20/h3,5,7-9,11-16,20H,4,6,10,17H2,1-2H3,(H,36,40)(H,34,37,38). The highest BCUT2D eigenvalue weighted by molar-refractivity contribution is 6.04. The van der Waals surface area contributed by atoms with Gasteiger partial charge < -0.3 is 15.5 Å². The van der Waals surface area contributed by atoms with Gasteiger partial charge in [0, 0.05) is 42.6 Å². The van der Waals surface area contributed by atoms with Gasteiger partial charge in [0.25, 0.3) is 5.91 Å². The predicted molar refractivity (Wildman–Crippen MR) is 146 cm³/mol. The van der Waals surface area contributed by atoms with Gasteiger partial charge in [0.1, 0.15) is 0 Å². The lowest BCUT2D eigenvalue weighted by molar-refractivity contribution is -0.137. The van der Waals surface area contributed by atoms with E-state index in [9.17, 15) is 18.0 Å². The van der Waals surface area contributed by atoms with E-state index in [0.29, 0.717) is 35.1 Å². The minimum absolute atomic E-state index is 0.0454. The molecule has 1 unspecified atom stereocenters. The van der Waals surface area contributed by atoms with Crippen molar-refractivity contribution in [2.45, 2.75) is 31.9 Å². The average Bonchev–Trinajstić information content (AvgIpc) is 2.94. The van der Waals surface area contributed by atoms with E-state index in [4.69, 9.17) is 0 Å². The number of aromatic nitrogens is 4. The van der Waals surface area contributed by atoms with Gasteiger partial charge in [0.15, 0.2) is 0 Å². The molecule has 1 saturated heterocycles. The lowest BCUT2D eigenvalue weighted by Crippen LogP contribution is -2.31. The molecular weight excluding hydrogens is 519 g/mol. The van der Waals surface area contributed by atoms with Crippen molar-refractivity contribution in [3.63, 3.8) is 0 Å². The Morgan fingerprint density at radius 2 is 1.93 bits per heavy atom. The van der Waals surface area contributed by atoms with Crippen LogP contribution in [0.3, 0.4) is 0 Å². The molecule has 3 aromatic heterocycles. The molecule has 1 aliphatic heterocycles. The Morgan fingerprint density at radius 3 is 2.67 bits per heavy atom. The zero-order chi connectivity index (χ0) is 28.3. The molecule has 0 spiro atoms. The predicted octanol–water partition coefficient (Wildman–Crippen LogP) is 6.07. The van der Waals surface area contributed by atoms with Crippen LogP contribution in [0.1, 0.15) is 45.9 Å². The SMILES string of the molecule is Cc1ncc(C(=O)Nc2cc(C3CCCN(C)C3)cc(C(F)(F)F)c2)cc1Nc1nccc(-c2cccnc2)n1. The summed E-state index contributed by atoms with van der Waals surface area (Å²) in [4.78, 5) is 32.4. The number of rotatable bonds is 6. The molecular formula is C29H28F3N7O. The molecule has 2 N–H and O–H groups in total. The Bertz CT molecular complexity index is 1510. The highest BCUT2D eigenvalue weighted by atomic mass is 19.4. The van der Waals surface area contributed by atoms with Crippen LogP contribution >= 0.6 is 0 Å². The summed E-state index contributed by atoms with van der Waals surface area (Å²) < 4.78 is 41.2. The number of halogens is 3. The van der Waals surface area contributed by atoms with Gasteiger partial charge in [-0.3, -0.25) is 14.8 Å². The first-order valence-corrected chi connectivity index (χ1v) is 12.8. The van der Waals surface area contributed by atoms with E-state index < -0.39 is 17.6 Å². The highest BCUT2D eigenvalue weighted by Crippen LogP contribution is 2.36. The number of hydrogen-bond donors (Lipinski definition) is 2. The minimum Gasteiger partial charge on any atom is -0.323 e. The second kappa shape index (κ2) is 11.4. The monoisotopic (exact) mass is 547 g/mol. The topological polar surface area (TPSA) is 95.9 Å². The molecule has 0 bridgehead atoms. The maximum Gasteiger partial charge on any atom is 0.416 e. The Morgan fingerprint density at radius 1 is 1.07 bits per heavy atom. The van der Waals surface area contributed by atoms with E-state index in [1.54, 1.807) is 43.7 Å². The van der Waals surface area contributed by atoms with Crippen molar-refractivity contribution in [2.24, 2.45) is 0 Å². The van der Waals surface area contributed by atoms with Crippen LogP contribution in [0.15, 0.2) is 67.3 Å². The molecule has 1 amide bonds. The van der Waals surface area contributed by atoms with Crippen molar-refractivity contribution >= 4 is 23.2 Å². The summed E-state index contributed by atoms with van der Waals surface area (Å²) in [6.07, 6.45) is 3.50. The van der Waals surface area contributed by atoms with Gasteiger partial charge in [0.05, 0.1) is 28.2 Å². The number of likely N-dealkylation sites (tertiary alicyclic amines) is 1. The lowest BCUT2D eigenvalue weighted by atomic mass is 9.89. The average molecular weight is 548 g/mol. The van der Waals surface area contributed by atoms with Gasteiger partial charge in [-0.25, -0.2) is 9.97 Å². The third-order valence-corrected chi connectivity index (χ3v) is 6.84. The first kappa shape index (κ1) is 27.2. The van der Waals surface area contributed by atoms with Crippen LogP contribution < -0.4 is 10.6 Å². The number of nitrogens with zero attached hydrogens (tertiary/aromatic N) is 5. The molecule has 1 aromatic carbocycles. The van der Waals surface area contributed by atoms with Gasteiger partial charge in [-0.1, -0.05) is 0 Å². The summed E-state index contributed by atoms with van der Waals surface area (Å²) >= 11 is 0. The summed E-state index contributed by atoms with van der Waals surface area (Å²) in [5, 5.41) is 5.73. The number of aryl methyl sites for hydroxylation is 1. The minimum atomic E-state index is -4.54. The molecule has 8 nitrogen and oxygen atoms in total. The number of anilines is 3. The summed E-state index contributed by atoms with van der Waals surface area (Å²) in [6.45, 7) is 3.33. The summed E-state index contributed by atoms with van der Waals surface area (Å²) in [6, 6.07) is 10.8. The summed E-state index contributed by atoms with van der Waals surface area (Å²) in [7, 11) is 1.96. The molecule has 1 aliphatic rings. The van der Waals surface area contributed by atoms with E-state index in [1.165, 1.54) is 12.3 Å². The molecule has 1 fully saturated rings. The van der Waals surface area contributed by atoms with Crippen molar-refractivity contribution in [1.29, 1.82) is 0 Å². The first-order chi connectivity index (χ1) is 19.2. The van der Waals surface area contributed by atoms with Crippen molar-refractivity contribution in [3.8, 4) is 11.3 Å². The van der Waals surface area contributed by atoms with Crippen molar-refractivity contribution in [1.82, 2.24) is 24.8 Å². The molecule has 1 atom stereocenters. The number of piperidine rings is 1. The summed E-state index contributed by atoms with van der Waals surface area (Å²) in [5.41, 5.74) is 2.60. The van der Waals surface area contributed by atoms with Gasteiger partial charge in [-0.2, -0.15) is 13.2 Å². The second-order valence-electron chi connectivity index (χ2n) is 9.89. The molecule has 40 heavy (non-hydrogen) atoms. The number of pyridine rings is 2. The quantitative estimate of drug-likeness (QED) is 0.303. The van der Waals surface area contributed by atoms with Gasteiger partial charge in [-0.15, -0.1) is 0 Å². The largest absolute Gasteiger partial charge is 0.416 e. The van der Waals surface area contributed by atoms with Crippen molar-refractivity contribution in [3.05, 3.63) is 89.6 Å². The van der Waals surface area contributed by atoms with Crippen LogP contribution in [0, 0.1) is 6.92 Å². The fourth-order valence-electron chi connectivity index (χ4n) is 4.76. The molecule has 4 heterocycles. The normalized spacial score (nSPS) is 16.0. The highest BCUT2D eigenvalue weighted by Gasteiger charge is 2.32. The molecule has 4 aromatic rings. The Balaban J connectivity index is 1.38. The fourth-order valence-corrected chi connectivity index (χ4v) is 4.76. The number of amides is 1. The van der Waals surface area contributed by atoms with Gasteiger partial charge in [-0.05, 0) is 87.3 Å². The third kappa shape index (κ3) is 6.42. The number of carbonyl (C=O) groups excluding carboxylic acids is 1. The Hall–Kier alpha value is -4.38. The Kier molecular flexibility index (Phi) is 7.74. The van der Waals surface area contributed by atoms with E-state index >= 15 is 0 Å². The van der Waals surface area contributed by atoms with E-state index in [2.05, 4.69) is 35.5 Å². The molecule has 11 heteroatoms. The number of hydrogen-bond acceptors (Lipinski definition) is 7. The zero-order valence-corrected chi connectivity index (χ0v) is 22.0. The molecule has 0 radical (unpaired) electrons. The second-order valence-corrected chi connectivity index (χ2v) is 9.89. The van der Waals surface area contributed by atoms with E-state index in [-0.39, 0.29) is 17.2 Å². The van der Waals surface area contributed by atoms with Crippen LogP contribution in [0.4, 0.5) is 30.5 Å². The lowest BCUT2D eigenvalue weighted by Gasteiger charge is -2.30. The van der Waals surface area contributed by atoms with Crippen LogP contribution in [-0.2, 0) is 6.18 Å². The van der Waals surface area contributed by atoms with Crippen LogP contribution in [0.2, 0.25) is 0 Å². The number of alkyl halides is 3. The summed E-state index contributed by atoms with van der Waals surface area (Å²) in [5.74, 6) is -0.327.